The second kappa shape index (κ2) is 5.39. The third kappa shape index (κ3) is 3.22. The Bertz CT molecular complexity index is 182. The van der Waals surface area contributed by atoms with Gasteiger partial charge < -0.3 is 25.2 Å². The molecule has 0 spiro atoms. The summed E-state index contributed by atoms with van der Waals surface area (Å²) in [6, 6.07) is 0. The van der Waals surface area contributed by atoms with Gasteiger partial charge in [-0.25, -0.2) is 4.79 Å². The van der Waals surface area contributed by atoms with Crippen LogP contribution in [0.25, 0.3) is 0 Å². The summed E-state index contributed by atoms with van der Waals surface area (Å²) in [4.78, 5) is 10.1. The molecule has 0 aromatic carbocycles. The van der Waals surface area contributed by atoms with E-state index in [1.807, 2.05) is 0 Å². The maximum atomic E-state index is 10.1. The highest BCUT2D eigenvalue weighted by molar-refractivity contribution is 5.88. The lowest BCUT2D eigenvalue weighted by molar-refractivity contribution is -0.138. The SMILES string of the molecule is O=C1OCC(O)=C1O.OCCO. The topological polar surface area (TPSA) is 107 Å². The molecule has 0 aromatic rings. The van der Waals surface area contributed by atoms with E-state index < -0.39 is 17.5 Å². The van der Waals surface area contributed by atoms with Crippen LogP contribution >= 0.6 is 0 Å². The zero-order valence-corrected chi connectivity index (χ0v) is 6.23. The summed E-state index contributed by atoms with van der Waals surface area (Å²) in [6.07, 6.45) is 0. The van der Waals surface area contributed by atoms with E-state index in [9.17, 15) is 4.79 Å². The van der Waals surface area contributed by atoms with Crippen LogP contribution in [-0.4, -0.2) is 46.2 Å². The van der Waals surface area contributed by atoms with Gasteiger partial charge in [0.15, 0.2) is 12.4 Å². The van der Waals surface area contributed by atoms with E-state index in [1.54, 1.807) is 0 Å². The summed E-state index contributed by atoms with van der Waals surface area (Å²) < 4.78 is 4.16. The Balaban J connectivity index is 0.000000261. The van der Waals surface area contributed by atoms with Crippen molar-refractivity contribution in [3.8, 4) is 0 Å². The zero-order valence-electron chi connectivity index (χ0n) is 6.23. The Morgan fingerprint density at radius 3 is 1.83 bits per heavy atom. The normalized spacial score (nSPS) is 15.3. The molecular weight excluding hydrogens is 168 g/mol. The van der Waals surface area contributed by atoms with Crippen LogP contribution in [0.4, 0.5) is 0 Å². The second-order valence-electron chi connectivity index (χ2n) is 1.82. The highest BCUT2D eigenvalue weighted by Gasteiger charge is 2.22. The van der Waals surface area contributed by atoms with E-state index in [4.69, 9.17) is 20.4 Å². The molecule has 0 atom stereocenters. The van der Waals surface area contributed by atoms with Crippen LogP contribution in [-0.2, 0) is 9.53 Å². The number of rotatable bonds is 1. The first-order valence-electron chi connectivity index (χ1n) is 3.13. The van der Waals surface area contributed by atoms with Gasteiger partial charge in [-0.2, -0.15) is 0 Å². The lowest BCUT2D eigenvalue weighted by atomic mass is 10.5. The van der Waals surface area contributed by atoms with Gasteiger partial charge in [0, 0.05) is 0 Å². The Morgan fingerprint density at radius 1 is 1.25 bits per heavy atom. The van der Waals surface area contributed by atoms with Crippen LogP contribution in [0.3, 0.4) is 0 Å². The van der Waals surface area contributed by atoms with Crippen LogP contribution in [0.2, 0.25) is 0 Å². The molecule has 1 aliphatic rings. The first kappa shape index (κ1) is 10.7. The highest BCUT2D eigenvalue weighted by atomic mass is 16.6. The summed E-state index contributed by atoms with van der Waals surface area (Å²) in [6.45, 7) is -0.454. The molecule has 1 heterocycles. The smallest absolute Gasteiger partial charge is 0.377 e. The van der Waals surface area contributed by atoms with Crippen molar-refractivity contribution in [2.75, 3.05) is 19.8 Å². The molecule has 70 valence electrons. The van der Waals surface area contributed by atoms with Crippen molar-refractivity contribution >= 4 is 5.97 Å². The predicted molar refractivity (Wildman–Crippen MR) is 37.4 cm³/mol. The van der Waals surface area contributed by atoms with Gasteiger partial charge in [0.2, 0.25) is 5.76 Å². The number of hydrogen-bond donors (Lipinski definition) is 4. The molecule has 0 aromatic heterocycles. The van der Waals surface area contributed by atoms with E-state index in [0.717, 1.165) is 0 Å². The second-order valence-corrected chi connectivity index (χ2v) is 1.82. The van der Waals surface area contributed by atoms with Gasteiger partial charge in [-0.1, -0.05) is 0 Å². The molecule has 0 radical (unpaired) electrons. The Labute approximate surface area is 68.3 Å². The maximum Gasteiger partial charge on any atom is 0.377 e. The highest BCUT2D eigenvalue weighted by Crippen LogP contribution is 2.08. The summed E-state index contributed by atoms with van der Waals surface area (Å²) in [5, 5.41) is 32.1. The summed E-state index contributed by atoms with van der Waals surface area (Å²) in [5.74, 6) is -1.93. The molecule has 0 amide bonds. The molecule has 0 saturated heterocycles. The summed E-state index contributed by atoms with van der Waals surface area (Å²) in [7, 11) is 0. The molecule has 0 bridgehead atoms. The van der Waals surface area contributed by atoms with Crippen LogP contribution in [0.15, 0.2) is 11.5 Å². The Kier molecular flexibility index (Phi) is 4.82. The molecule has 1 aliphatic heterocycles. The number of esters is 1. The first-order chi connectivity index (χ1) is 5.63. The third-order valence-electron chi connectivity index (χ3n) is 0.907. The Morgan fingerprint density at radius 2 is 1.75 bits per heavy atom. The lowest BCUT2D eigenvalue weighted by Crippen LogP contribution is -1.96. The van der Waals surface area contributed by atoms with Crippen LogP contribution in [0.1, 0.15) is 0 Å². The summed E-state index contributed by atoms with van der Waals surface area (Å²) in [5.41, 5.74) is 0. The van der Waals surface area contributed by atoms with Crippen molar-refractivity contribution in [3.63, 3.8) is 0 Å². The lowest BCUT2D eigenvalue weighted by Gasteiger charge is -1.84. The molecular formula is C6H10O6. The van der Waals surface area contributed by atoms with E-state index in [1.165, 1.54) is 0 Å². The van der Waals surface area contributed by atoms with Crippen molar-refractivity contribution in [3.05, 3.63) is 11.5 Å². The predicted octanol–water partition coefficient (Wildman–Crippen LogP) is -1.16. The van der Waals surface area contributed by atoms with Gasteiger partial charge in [0.05, 0.1) is 13.2 Å². The van der Waals surface area contributed by atoms with Gasteiger partial charge in [0.25, 0.3) is 0 Å². The molecule has 4 N–H and O–H groups in total. The number of carbonyl (C=O) groups is 1. The monoisotopic (exact) mass is 178 g/mol. The zero-order chi connectivity index (χ0) is 9.56. The number of cyclic esters (lactones) is 1. The molecule has 0 fully saturated rings. The van der Waals surface area contributed by atoms with Crippen LogP contribution in [0.5, 0.6) is 0 Å². The molecule has 1 rings (SSSR count). The summed E-state index contributed by atoms with van der Waals surface area (Å²) >= 11 is 0. The standard InChI is InChI=1S/C4H4O4.C2H6O2/c5-2-1-8-4(7)3(2)6;3-1-2-4/h5-6H,1H2;3-4H,1-2H2. The molecule has 0 unspecified atom stereocenters. The largest absolute Gasteiger partial charge is 0.505 e. The van der Waals surface area contributed by atoms with E-state index in [-0.39, 0.29) is 19.8 Å². The number of carbonyl (C=O) groups excluding carboxylic acids is 1. The van der Waals surface area contributed by atoms with Crippen molar-refractivity contribution < 1.29 is 30.0 Å². The average molecular weight is 178 g/mol. The van der Waals surface area contributed by atoms with Crippen molar-refractivity contribution in [1.82, 2.24) is 0 Å². The minimum absolute atomic E-state index is 0.125. The quantitative estimate of drug-likeness (QED) is 0.377. The van der Waals surface area contributed by atoms with Gasteiger partial charge in [-0.3, -0.25) is 0 Å². The molecule has 0 saturated carbocycles. The van der Waals surface area contributed by atoms with Gasteiger partial charge in [-0.05, 0) is 0 Å². The minimum Gasteiger partial charge on any atom is -0.505 e. The van der Waals surface area contributed by atoms with Crippen molar-refractivity contribution in [2.45, 2.75) is 0 Å². The fourth-order valence-electron chi connectivity index (χ4n) is 0.388. The molecule has 12 heavy (non-hydrogen) atoms. The molecule has 0 aliphatic carbocycles. The van der Waals surface area contributed by atoms with Crippen LogP contribution in [0, 0.1) is 0 Å². The van der Waals surface area contributed by atoms with Crippen molar-refractivity contribution in [2.24, 2.45) is 0 Å². The fraction of sp³-hybridized carbons (Fsp3) is 0.500. The average Bonchev–Trinajstić information content (AvgIpc) is 2.37. The van der Waals surface area contributed by atoms with E-state index in [2.05, 4.69) is 4.74 Å². The first-order valence-corrected chi connectivity index (χ1v) is 3.13. The number of aliphatic hydroxyl groups excluding tert-OH is 4. The van der Waals surface area contributed by atoms with E-state index >= 15 is 0 Å². The fourth-order valence-corrected chi connectivity index (χ4v) is 0.388. The maximum absolute atomic E-state index is 10.1. The minimum atomic E-state index is -0.859. The third-order valence-corrected chi connectivity index (χ3v) is 0.907. The number of ether oxygens (including phenoxy) is 1. The number of aliphatic hydroxyl groups is 4. The van der Waals surface area contributed by atoms with E-state index in [0.29, 0.717) is 0 Å². The van der Waals surface area contributed by atoms with Gasteiger partial charge in [0.1, 0.15) is 0 Å². The Hall–Kier alpha value is -1.27. The van der Waals surface area contributed by atoms with Crippen molar-refractivity contribution in [1.29, 1.82) is 0 Å². The molecule has 6 heteroatoms. The van der Waals surface area contributed by atoms with Gasteiger partial charge >= 0.3 is 5.97 Å². The molecule has 6 nitrogen and oxygen atoms in total. The number of hydrogen-bond acceptors (Lipinski definition) is 6. The van der Waals surface area contributed by atoms with Gasteiger partial charge in [-0.15, -0.1) is 0 Å². The van der Waals surface area contributed by atoms with Crippen LogP contribution < -0.4 is 0 Å².